The van der Waals surface area contributed by atoms with E-state index in [1.165, 1.54) is 18.2 Å². The largest absolute Gasteiger partial charge is 0.366 e. The van der Waals surface area contributed by atoms with Crippen molar-refractivity contribution in [3.8, 4) is 0 Å². The molecule has 0 unspecified atom stereocenters. The van der Waals surface area contributed by atoms with Gasteiger partial charge in [-0.1, -0.05) is 6.07 Å². The van der Waals surface area contributed by atoms with Gasteiger partial charge in [0.15, 0.2) is 0 Å². The Morgan fingerprint density at radius 1 is 1.32 bits per heavy atom. The van der Waals surface area contributed by atoms with E-state index in [1.807, 2.05) is 25.1 Å². The first-order chi connectivity index (χ1) is 8.99. The number of hydrogen-bond acceptors (Lipinski definition) is 2. The van der Waals surface area contributed by atoms with E-state index in [2.05, 4.69) is 27.9 Å². The highest BCUT2D eigenvalue weighted by atomic mass is 127. The summed E-state index contributed by atoms with van der Waals surface area (Å²) in [6, 6.07) is 9.96. The highest BCUT2D eigenvalue weighted by Crippen LogP contribution is 2.27. The van der Waals surface area contributed by atoms with E-state index in [0.29, 0.717) is 0 Å². The lowest BCUT2D eigenvalue weighted by molar-refractivity contribution is 0.100. The molecule has 2 rings (SSSR count). The van der Waals surface area contributed by atoms with Crippen LogP contribution in [-0.2, 0) is 0 Å². The van der Waals surface area contributed by atoms with Gasteiger partial charge < -0.3 is 11.1 Å². The van der Waals surface area contributed by atoms with Gasteiger partial charge >= 0.3 is 0 Å². The van der Waals surface area contributed by atoms with Crippen molar-refractivity contribution >= 4 is 39.9 Å². The van der Waals surface area contributed by atoms with Gasteiger partial charge in [0.1, 0.15) is 5.82 Å². The van der Waals surface area contributed by atoms with Crippen LogP contribution in [0.1, 0.15) is 15.9 Å². The van der Waals surface area contributed by atoms with E-state index < -0.39 is 11.7 Å². The Balaban J connectivity index is 2.46. The molecule has 98 valence electrons. The molecule has 0 aromatic heterocycles. The summed E-state index contributed by atoms with van der Waals surface area (Å²) in [4.78, 5) is 11.3. The Kier molecular flexibility index (Phi) is 4.04. The lowest BCUT2D eigenvalue weighted by Crippen LogP contribution is -2.14. The van der Waals surface area contributed by atoms with Gasteiger partial charge in [-0.25, -0.2) is 4.39 Å². The number of carbonyl (C=O) groups excluding carboxylic acids is 1. The third-order valence-corrected chi connectivity index (χ3v) is 3.40. The zero-order valence-corrected chi connectivity index (χ0v) is 12.4. The van der Waals surface area contributed by atoms with Crippen LogP contribution in [-0.4, -0.2) is 5.91 Å². The number of para-hydroxylation sites is 1. The van der Waals surface area contributed by atoms with Crippen LogP contribution in [0.15, 0.2) is 36.4 Å². The van der Waals surface area contributed by atoms with Crippen molar-refractivity contribution in [1.29, 1.82) is 0 Å². The number of anilines is 2. The monoisotopic (exact) mass is 370 g/mol. The molecule has 19 heavy (non-hydrogen) atoms. The van der Waals surface area contributed by atoms with Crippen molar-refractivity contribution in [1.82, 2.24) is 0 Å². The molecule has 0 aliphatic rings. The van der Waals surface area contributed by atoms with Gasteiger partial charge in [0.05, 0.1) is 11.3 Å². The summed E-state index contributed by atoms with van der Waals surface area (Å²) < 4.78 is 14.9. The number of aryl methyl sites for hydroxylation is 1. The molecule has 0 aliphatic heterocycles. The summed E-state index contributed by atoms with van der Waals surface area (Å²) in [5.74, 6) is -1.17. The van der Waals surface area contributed by atoms with Gasteiger partial charge in [0, 0.05) is 9.26 Å². The maximum atomic E-state index is 13.8. The van der Waals surface area contributed by atoms with E-state index in [1.54, 1.807) is 0 Å². The van der Waals surface area contributed by atoms with Gasteiger partial charge in [0.2, 0.25) is 0 Å². The highest BCUT2D eigenvalue weighted by molar-refractivity contribution is 14.1. The second-order valence-corrected chi connectivity index (χ2v) is 5.36. The Morgan fingerprint density at radius 3 is 2.68 bits per heavy atom. The quantitative estimate of drug-likeness (QED) is 0.812. The molecule has 2 aromatic rings. The van der Waals surface area contributed by atoms with Crippen LogP contribution in [0.25, 0.3) is 0 Å². The number of hydrogen-bond donors (Lipinski definition) is 2. The minimum absolute atomic E-state index is 0.110. The summed E-state index contributed by atoms with van der Waals surface area (Å²) >= 11 is 2.20. The van der Waals surface area contributed by atoms with Crippen molar-refractivity contribution < 1.29 is 9.18 Å². The molecule has 3 N–H and O–H groups in total. The van der Waals surface area contributed by atoms with Crippen molar-refractivity contribution in [2.75, 3.05) is 5.32 Å². The lowest BCUT2D eigenvalue weighted by Gasteiger charge is -2.13. The first-order valence-corrected chi connectivity index (χ1v) is 6.68. The third-order valence-electron chi connectivity index (χ3n) is 2.73. The molecule has 5 heteroatoms. The lowest BCUT2D eigenvalue weighted by atomic mass is 10.1. The summed E-state index contributed by atoms with van der Waals surface area (Å²) in [5.41, 5.74) is 7.21. The Hall–Kier alpha value is -1.63. The van der Waals surface area contributed by atoms with E-state index in [9.17, 15) is 9.18 Å². The van der Waals surface area contributed by atoms with Crippen LogP contribution < -0.4 is 11.1 Å². The maximum absolute atomic E-state index is 13.8. The predicted molar refractivity (Wildman–Crippen MR) is 82.1 cm³/mol. The van der Waals surface area contributed by atoms with Crippen LogP contribution in [0, 0.1) is 16.3 Å². The summed E-state index contributed by atoms with van der Waals surface area (Å²) in [6.07, 6.45) is 0. The molecule has 0 bridgehead atoms. The minimum atomic E-state index is -0.662. The molecule has 1 amide bonds. The molecular weight excluding hydrogens is 358 g/mol. The number of nitrogens with two attached hydrogens (primary N) is 1. The van der Waals surface area contributed by atoms with E-state index >= 15 is 0 Å². The van der Waals surface area contributed by atoms with E-state index in [0.717, 1.165) is 14.8 Å². The SMILES string of the molecule is Cc1cc(I)ccc1Nc1c(F)cccc1C(N)=O. The predicted octanol–water partition coefficient (Wildman–Crippen LogP) is 3.58. The summed E-state index contributed by atoms with van der Waals surface area (Å²) in [5, 5.41) is 2.94. The summed E-state index contributed by atoms with van der Waals surface area (Å²) in [6.45, 7) is 1.91. The van der Waals surface area contributed by atoms with Crippen LogP contribution in [0.4, 0.5) is 15.8 Å². The average Bonchev–Trinajstić information content (AvgIpc) is 2.34. The molecule has 0 saturated heterocycles. The number of halogens is 2. The van der Waals surface area contributed by atoms with Crippen LogP contribution in [0.2, 0.25) is 0 Å². The fourth-order valence-electron chi connectivity index (χ4n) is 1.76. The van der Waals surface area contributed by atoms with Gasteiger partial charge in [-0.2, -0.15) is 0 Å². The first-order valence-electron chi connectivity index (χ1n) is 5.60. The first kappa shape index (κ1) is 13.8. The molecule has 0 fully saturated rings. The summed E-state index contributed by atoms with van der Waals surface area (Å²) in [7, 11) is 0. The third kappa shape index (κ3) is 3.04. The van der Waals surface area contributed by atoms with Crippen molar-refractivity contribution in [2.45, 2.75) is 6.92 Å². The number of primary amides is 1. The van der Waals surface area contributed by atoms with Crippen molar-refractivity contribution in [2.24, 2.45) is 5.73 Å². The molecule has 0 saturated carbocycles. The minimum Gasteiger partial charge on any atom is -0.366 e. The second kappa shape index (κ2) is 5.56. The number of nitrogens with one attached hydrogen (secondary N) is 1. The van der Waals surface area contributed by atoms with Gasteiger partial charge in [-0.05, 0) is 65.4 Å². The van der Waals surface area contributed by atoms with Gasteiger partial charge in [-0.3, -0.25) is 4.79 Å². The zero-order chi connectivity index (χ0) is 14.0. The number of amides is 1. The molecule has 2 aromatic carbocycles. The fourth-order valence-corrected chi connectivity index (χ4v) is 2.41. The van der Waals surface area contributed by atoms with E-state index in [4.69, 9.17) is 5.73 Å². The topological polar surface area (TPSA) is 55.1 Å². The van der Waals surface area contributed by atoms with Crippen molar-refractivity contribution in [3.63, 3.8) is 0 Å². The standard InChI is InChI=1S/C14H12FIN2O/c1-8-7-9(16)5-6-12(8)18-13-10(14(17)19)3-2-4-11(13)15/h2-7,18H,1H3,(H2,17,19). The fraction of sp³-hybridized carbons (Fsp3) is 0.0714. The molecule has 0 radical (unpaired) electrons. The smallest absolute Gasteiger partial charge is 0.250 e. The molecule has 0 atom stereocenters. The highest BCUT2D eigenvalue weighted by Gasteiger charge is 2.13. The van der Waals surface area contributed by atoms with Crippen molar-refractivity contribution in [3.05, 3.63) is 56.9 Å². The average molecular weight is 370 g/mol. The normalized spacial score (nSPS) is 10.3. The van der Waals surface area contributed by atoms with Crippen LogP contribution >= 0.6 is 22.6 Å². The Bertz CT molecular complexity index is 643. The molecule has 0 aliphatic carbocycles. The molecule has 3 nitrogen and oxygen atoms in total. The molecule has 0 spiro atoms. The number of rotatable bonds is 3. The number of benzene rings is 2. The molecular formula is C14H12FIN2O. The Labute approximate surface area is 124 Å². The van der Waals surface area contributed by atoms with Crippen LogP contribution in [0.3, 0.4) is 0 Å². The van der Waals surface area contributed by atoms with Gasteiger partial charge in [-0.15, -0.1) is 0 Å². The second-order valence-electron chi connectivity index (χ2n) is 4.11. The van der Waals surface area contributed by atoms with E-state index in [-0.39, 0.29) is 11.3 Å². The van der Waals surface area contributed by atoms with Gasteiger partial charge in [0.25, 0.3) is 5.91 Å². The molecule has 0 heterocycles. The van der Waals surface area contributed by atoms with Crippen LogP contribution in [0.5, 0.6) is 0 Å². The maximum Gasteiger partial charge on any atom is 0.250 e. The zero-order valence-electron chi connectivity index (χ0n) is 10.2. The Morgan fingerprint density at radius 2 is 2.05 bits per heavy atom. The number of carbonyl (C=O) groups is 1.